The molecule has 0 saturated carbocycles. The molecule has 3 heterocycles. The van der Waals surface area contributed by atoms with E-state index in [2.05, 4.69) is 57.8 Å². The van der Waals surface area contributed by atoms with Crippen molar-refractivity contribution in [2.75, 3.05) is 14.1 Å². The van der Waals surface area contributed by atoms with E-state index in [-0.39, 0.29) is 11.6 Å². The van der Waals surface area contributed by atoms with Gasteiger partial charge >= 0.3 is 0 Å². The van der Waals surface area contributed by atoms with Crippen molar-refractivity contribution in [3.63, 3.8) is 0 Å². The molecule has 0 aliphatic rings. The number of benzene rings is 1. The van der Waals surface area contributed by atoms with Crippen LogP contribution in [0, 0.1) is 6.92 Å². The first-order valence-electron chi connectivity index (χ1n) is 10.7. The van der Waals surface area contributed by atoms with Crippen LogP contribution in [0.25, 0.3) is 5.65 Å². The van der Waals surface area contributed by atoms with Gasteiger partial charge in [-0.2, -0.15) is 0 Å². The molecule has 0 saturated heterocycles. The first-order valence-corrected chi connectivity index (χ1v) is 11.7. The Balaban J connectivity index is 1.64. The summed E-state index contributed by atoms with van der Waals surface area (Å²) in [6, 6.07) is 16.0. The minimum atomic E-state index is -0.0700. The smallest absolute Gasteiger partial charge is 0.258 e. The van der Waals surface area contributed by atoms with Gasteiger partial charge in [0.1, 0.15) is 5.65 Å². The Hall–Kier alpha value is -2.97. The van der Waals surface area contributed by atoms with Gasteiger partial charge in [-0.1, -0.05) is 55.1 Å². The molecule has 0 aliphatic heterocycles. The Morgan fingerprint density at radius 2 is 1.88 bits per heavy atom. The summed E-state index contributed by atoms with van der Waals surface area (Å²) in [6.07, 6.45) is 2.75. The van der Waals surface area contributed by atoms with E-state index >= 15 is 0 Å². The molecular weight excluding hydrogens is 420 g/mol. The fourth-order valence-electron chi connectivity index (χ4n) is 3.82. The van der Waals surface area contributed by atoms with E-state index < -0.39 is 0 Å². The van der Waals surface area contributed by atoms with Gasteiger partial charge in [-0.3, -0.25) is 14.1 Å². The van der Waals surface area contributed by atoms with E-state index in [0.717, 1.165) is 28.7 Å². The van der Waals surface area contributed by atoms with Crippen LogP contribution in [0.2, 0.25) is 0 Å². The van der Waals surface area contributed by atoms with E-state index in [1.54, 1.807) is 22.2 Å². The number of aromatic nitrogens is 5. The lowest BCUT2D eigenvalue weighted by Crippen LogP contribution is -2.23. The zero-order valence-electron chi connectivity index (χ0n) is 18.9. The molecule has 166 valence electrons. The third-order valence-electron chi connectivity index (χ3n) is 5.45. The Bertz CT molecular complexity index is 1260. The van der Waals surface area contributed by atoms with Crippen molar-refractivity contribution < 1.29 is 0 Å². The first-order chi connectivity index (χ1) is 15.5. The Morgan fingerprint density at radius 3 is 2.59 bits per heavy atom. The number of hydrogen-bond acceptors (Lipinski definition) is 6. The molecule has 32 heavy (non-hydrogen) atoms. The maximum atomic E-state index is 12.6. The second kappa shape index (κ2) is 9.67. The molecule has 1 unspecified atom stereocenters. The van der Waals surface area contributed by atoms with Crippen molar-refractivity contribution in [1.29, 1.82) is 0 Å². The van der Waals surface area contributed by atoms with Crippen molar-refractivity contribution in [2.24, 2.45) is 0 Å². The molecule has 0 amide bonds. The van der Waals surface area contributed by atoms with Crippen LogP contribution in [0.4, 0.5) is 0 Å². The number of nitrogens with zero attached hydrogens (tertiary/aromatic N) is 6. The van der Waals surface area contributed by atoms with Gasteiger partial charge in [0.15, 0.2) is 11.0 Å². The summed E-state index contributed by atoms with van der Waals surface area (Å²) in [7, 11) is 4.13. The zero-order chi connectivity index (χ0) is 22.7. The summed E-state index contributed by atoms with van der Waals surface area (Å²) in [4.78, 5) is 19.4. The molecule has 3 aromatic heterocycles. The van der Waals surface area contributed by atoms with Crippen LogP contribution in [0.1, 0.15) is 42.0 Å². The molecule has 0 fully saturated rings. The molecule has 0 bridgehead atoms. The quantitative estimate of drug-likeness (QED) is 0.380. The Labute approximate surface area is 192 Å². The minimum Gasteiger partial charge on any atom is -0.300 e. The number of fused-ring (bicyclic) bond motifs is 1. The van der Waals surface area contributed by atoms with Gasteiger partial charge < -0.3 is 4.57 Å². The summed E-state index contributed by atoms with van der Waals surface area (Å²) in [6.45, 7) is 4.82. The van der Waals surface area contributed by atoms with Gasteiger partial charge in [0.25, 0.3) is 5.56 Å². The number of aryl methyl sites for hydroxylation is 1. The molecule has 0 radical (unpaired) electrons. The molecule has 0 aliphatic carbocycles. The van der Waals surface area contributed by atoms with E-state index in [0.29, 0.717) is 17.9 Å². The third kappa shape index (κ3) is 4.76. The van der Waals surface area contributed by atoms with E-state index in [9.17, 15) is 4.79 Å². The first kappa shape index (κ1) is 22.2. The van der Waals surface area contributed by atoms with Crippen LogP contribution in [0.3, 0.4) is 0 Å². The minimum absolute atomic E-state index is 0.0700. The Morgan fingerprint density at radius 1 is 1.09 bits per heavy atom. The Kier molecular flexibility index (Phi) is 6.72. The normalized spacial score (nSPS) is 12.5. The van der Waals surface area contributed by atoms with Crippen molar-refractivity contribution >= 4 is 17.4 Å². The molecular formula is C24H28N6OS. The molecule has 1 aromatic carbocycles. The maximum absolute atomic E-state index is 12.6. The predicted molar refractivity (Wildman–Crippen MR) is 128 cm³/mol. The lowest BCUT2D eigenvalue weighted by molar-refractivity contribution is 0.272. The monoisotopic (exact) mass is 448 g/mol. The van der Waals surface area contributed by atoms with Gasteiger partial charge in [-0.05, 0) is 44.6 Å². The summed E-state index contributed by atoms with van der Waals surface area (Å²) >= 11 is 1.56. The second-order valence-electron chi connectivity index (χ2n) is 8.11. The summed E-state index contributed by atoms with van der Waals surface area (Å²) in [5.74, 6) is 1.50. The van der Waals surface area contributed by atoms with Gasteiger partial charge in [0.05, 0.1) is 18.3 Å². The largest absolute Gasteiger partial charge is 0.300 e. The average molecular weight is 449 g/mol. The summed E-state index contributed by atoms with van der Waals surface area (Å²) in [5.41, 5.74) is 3.54. The lowest BCUT2D eigenvalue weighted by Gasteiger charge is -2.23. The number of rotatable bonds is 8. The van der Waals surface area contributed by atoms with Crippen LogP contribution in [-0.2, 0) is 12.3 Å². The van der Waals surface area contributed by atoms with Crippen LogP contribution in [-0.4, -0.2) is 43.1 Å². The number of pyridine rings is 1. The second-order valence-corrected chi connectivity index (χ2v) is 9.05. The van der Waals surface area contributed by atoms with E-state index in [1.807, 2.05) is 43.5 Å². The van der Waals surface area contributed by atoms with Crippen LogP contribution < -0.4 is 5.56 Å². The fraction of sp³-hybridized carbons (Fsp3) is 0.333. The van der Waals surface area contributed by atoms with Gasteiger partial charge in [-0.15, -0.1) is 10.2 Å². The third-order valence-corrected chi connectivity index (χ3v) is 6.45. The van der Waals surface area contributed by atoms with Gasteiger partial charge in [0.2, 0.25) is 0 Å². The highest BCUT2D eigenvalue weighted by atomic mass is 32.2. The molecule has 1 atom stereocenters. The standard InChI is InChI=1S/C24H28N6OS/c1-5-20(28(3)4)23-26-27-24(30(23)15-18-9-7-6-8-10-18)32-16-19-13-22(31)29-14-17(2)11-12-21(29)25-19/h6-14,20H,5,15-16H2,1-4H3. The highest BCUT2D eigenvalue weighted by Crippen LogP contribution is 2.27. The van der Waals surface area contributed by atoms with E-state index in [4.69, 9.17) is 0 Å². The predicted octanol–water partition coefficient (Wildman–Crippen LogP) is 3.95. The lowest BCUT2D eigenvalue weighted by atomic mass is 10.2. The number of thioether (sulfide) groups is 1. The topological polar surface area (TPSA) is 68.3 Å². The zero-order valence-corrected chi connectivity index (χ0v) is 19.7. The number of hydrogen-bond donors (Lipinski definition) is 0. The molecule has 0 spiro atoms. The molecule has 8 heteroatoms. The highest BCUT2D eigenvalue weighted by molar-refractivity contribution is 7.98. The van der Waals surface area contributed by atoms with Crippen molar-refractivity contribution in [2.45, 2.75) is 43.8 Å². The van der Waals surface area contributed by atoms with Crippen molar-refractivity contribution in [3.05, 3.63) is 87.7 Å². The molecule has 4 aromatic rings. The van der Waals surface area contributed by atoms with Crippen LogP contribution in [0.5, 0.6) is 0 Å². The highest BCUT2D eigenvalue weighted by Gasteiger charge is 2.22. The van der Waals surface area contributed by atoms with Crippen molar-refractivity contribution in [3.8, 4) is 0 Å². The van der Waals surface area contributed by atoms with Gasteiger partial charge in [0, 0.05) is 18.0 Å². The van der Waals surface area contributed by atoms with Crippen LogP contribution >= 0.6 is 11.8 Å². The molecule has 0 N–H and O–H groups in total. The summed E-state index contributed by atoms with van der Waals surface area (Å²) < 4.78 is 3.77. The van der Waals surface area contributed by atoms with Crippen molar-refractivity contribution in [1.82, 2.24) is 29.0 Å². The fourth-order valence-corrected chi connectivity index (χ4v) is 4.65. The molecule has 4 rings (SSSR count). The molecule has 7 nitrogen and oxygen atoms in total. The SMILES string of the molecule is CCC(c1nnc(SCc2cc(=O)n3cc(C)ccc3n2)n1Cc1ccccc1)N(C)C. The van der Waals surface area contributed by atoms with Gasteiger partial charge in [-0.25, -0.2) is 4.98 Å². The summed E-state index contributed by atoms with van der Waals surface area (Å²) in [5, 5.41) is 9.90. The maximum Gasteiger partial charge on any atom is 0.258 e. The van der Waals surface area contributed by atoms with Crippen LogP contribution in [0.15, 0.2) is 64.7 Å². The average Bonchev–Trinajstić information content (AvgIpc) is 3.16. The van der Waals surface area contributed by atoms with E-state index in [1.165, 1.54) is 5.56 Å².